The van der Waals surface area contributed by atoms with Crippen molar-refractivity contribution in [3.05, 3.63) is 12.7 Å². The lowest BCUT2D eigenvalue weighted by Gasteiger charge is -2.37. The largest absolute Gasteiger partial charge is 0.466 e. The average Bonchev–Trinajstić information content (AvgIpc) is 2.73. The van der Waals surface area contributed by atoms with Crippen molar-refractivity contribution in [3.8, 4) is 0 Å². The summed E-state index contributed by atoms with van der Waals surface area (Å²) in [5.74, 6) is -13.3. The topological polar surface area (TPSA) is 110 Å². The lowest BCUT2D eigenvalue weighted by Crippen LogP contribution is -2.62. The second-order valence-electron chi connectivity index (χ2n) is 7.39. The molecule has 0 aliphatic rings. The predicted molar refractivity (Wildman–Crippen MR) is 108 cm³/mol. The van der Waals surface area contributed by atoms with E-state index in [1.807, 2.05) is 0 Å². The second-order valence-corrected chi connectivity index (χ2v) is 8.85. The van der Waals surface area contributed by atoms with Crippen LogP contribution in [0.25, 0.3) is 0 Å². The normalized spacial score (nSPS) is 14.8. The number of hydrogen-bond acceptors (Lipinski definition) is 6. The van der Waals surface area contributed by atoms with Crippen LogP contribution in [0.5, 0.6) is 0 Å². The molecule has 0 saturated carbocycles. The predicted octanol–water partition coefficient (Wildman–Crippen LogP) is 4.32. The van der Waals surface area contributed by atoms with Gasteiger partial charge in [0, 0.05) is 25.6 Å². The number of alkyl halides is 7. The van der Waals surface area contributed by atoms with Crippen LogP contribution in [-0.2, 0) is 29.2 Å². The number of ether oxygens (including phenoxy) is 2. The molecule has 0 spiro atoms. The van der Waals surface area contributed by atoms with Crippen LogP contribution < -0.4 is 0 Å². The van der Waals surface area contributed by atoms with Crippen LogP contribution in [0.3, 0.4) is 0 Å². The molecule has 0 aliphatic carbocycles. The minimum atomic E-state index is -6.56. The molecule has 0 bridgehead atoms. The van der Waals surface area contributed by atoms with Gasteiger partial charge in [0.05, 0.1) is 6.61 Å². The van der Waals surface area contributed by atoms with Crippen LogP contribution >= 0.6 is 0 Å². The van der Waals surface area contributed by atoms with E-state index in [2.05, 4.69) is 16.1 Å². The Morgan fingerprint density at radius 3 is 1.83 bits per heavy atom. The Bertz CT molecular complexity index is 826. The lowest BCUT2D eigenvalue weighted by molar-refractivity contribution is -0.350. The van der Waals surface area contributed by atoms with Gasteiger partial charge in [-0.25, -0.2) is 4.79 Å². The first-order chi connectivity index (χ1) is 15.8. The van der Waals surface area contributed by atoms with E-state index < -0.39 is 64.6 Å². The summed E-state index contributed by atoms with van der Waals surface area (Å²) in [4.78, 5) is 25.3. The van der Waals surface area contributed by atoms with Crippen molar-refractivity contribution in [3.63, 3.8) is 0 Å². The Hall–Kier alpha value is -1.94. The molecular weight excluding hydrogens is 519 g/mol. The van der Waals surface area contributed by atoms with Crippen molar-refractivity contribution in [2.24, 2.45) is 0 Å². The SMILES string of the molecule is C=CC(=O)OC(OCCCC(F)(F)C(F)(F)S(=O)(=O)O)(C(=O)N(CCCC)CCCC)C(F)(F)F. The van der Waals surface area contributed by atoms with Crippen molar-refractivity contribution < 1.29 is 62.8 Å². The minimum Gasteiger partial charge on any atom is -0.412 e. The molecule has 35 heavy (non-hydrogen) atoms. The van der Waals surface area contributed by atoms with Crippen LogP contribution in [0.1, 0.15) is 52.4 Å². The number of nitrogens with zero attached hydrogens (tertiary/aromatic N) is 1. The Balaban J connectivity index is 6.05. The van der Waals surface area contributed by atoms with Gasteiger partial charge in [0.1, 0.15) is 0 Å². The summed E-state index contributed by atoms with van der Waals surface area (Å²) in [6, 6.07) is 0. The smallest absolute Gasteiger partial charge is 0.412 e. The Morgan fingerprint density at radius 2 is 1.46 bits per heavy atom. The molecule has 1 amide bonds. The fraction of sp³-hybridized carbons (Fsp3) is 0.789. The van der Waals surface area contributed by atoms with E-state index in [1.54, 1.807) is 13.8 Å². The van der Waals surface area contributed by atoms with Crippen molar-refractivity contribution in [1.82, 2.24) is 4.90 Å². The molecule has 0 rings (SSSR count). The number of esters is 1. The van der Waals surface area contributed by atoms with Crippen molar-refractivity contribution in [2.75, 3.05) is 19.7 Å². The highest BCUT2D eigenvalue weighted by Crippen LogP contribution is 2.42. The third-order valence-electron chi connectivity index (χ3n) is 4.61. The Labute approximate surface area is 198 Å². The maximum Gasteiger partial charge on any atom is 0.466 e. The van der Waals surface area contributed by atoms with Crippen molar-refractivity contribution >= 4 is 22.0 Å². The number of halogens is 7. The van der Waals surface area contributed by atoms with Gasteiger partial charge in [-0.2, -0.15) is 39.2 Å². The van der Waals surface area contributed by atoms with Crippen LogP contribution in [0, 0.1) is 0 Å². The third kappa shape index (κ3) is 8.31. The summed E-state index contributed by atoms with van der Waals surface area (Å²) in [5.41, 5.74) is 0. The van der Waals surface area contributed by atoms with Crippen LogP contribution in [0.15, 0.2) is 12.7 Å². The van der Waals surface area contributed by atoms with Gasteiger partial charge in [-0.1, -0.05) is 33.3 Å². The molecule has 1 atom stereocenters. The zero-order chi connectivity index (χ0) is 27.7. The Morgan fingerprint density at radius 1 is 0.971 bits per heavy atom. The number of carbonyl (C=O) groups is 2. The first-order valence-electron chi connectivity index (χ1n) is 10.4. The fourth-order valence-electron chi connectivity index (χ4n) is 2.64. The molecule has 0 radical (unpaired) electrons. The van der Waals surface area contributed by atoms with E-state index in [-0.39, 0.29) is 25.9 Å². The standard InChI is InChI=1S/C19H28F7NO7S/c1-4-7-11-27(12-8-5-2)15(29)17(18(22,23)24,34-14(28)6-3)33-13-9-10-16(20,21)19(25,26)35(30,31)32/h6H,3-5,7-13H2,1-2H3,(H,30,31,32). The Kier molecular flexibility index (Phi) is 12.1. The number of hydrogen-bond donors (Lipinski definition) is 1. The molecule has 0 aromatic heterocycles. The highest BCUT2D eigenvalue weighted by atomic mass is 32.2. The van der Waals surface area contributed by atoms with Gasteiger partial charge in [-0.15, -0.1) is 0 Å². The van der Waals surface area contributed by atoms with Gasteiger partial charge < -0.3 is 14.4 Å². The van der Waals surface area contributed by atoms with E-state index in [1.165, 1.54) is 0 Å². The van der Waals surface area contributed by atoms with Gasteiger partial charge >= 0.3 is 45.1 Å². The summed E-state index contributed by atoms with van der Waals surface area (Å²) in [7, 11) is -6.56. The van der Waals surface area contributed by atoms with E-state index in [0.717, 1.165) is 4.90 Å². The minimum absolute atomic E-state index is 0.194. The van der Waals surface area contributed by atoms with E-state index in [9.17, 15) is 48.7 Å². The monoisotopic (exact) mass is 547 g/mol. The highest BCUT2D eigenvalue weighted by Gasteiger charge is 2.68. The van der Waals surface area contributed by atoms with Gasteiger partial charge in [-0.05, 0) is 19.3 Å². The van der Waals surface area contributed by atoms with Crippen LogP contribution in [-0.4, -0.2) is 72.6 Å². The number of amides is 1. The quantitative estimate of drug-likeness (QED) is 0.0766. The summed E-state index contributed by atoms with van der Waals surface area (Å²) in [6.45, 7) is 4.43. The van der Waals surface area contributed by atoms with Crippen molar-refractivity contribution in [1.29, 1.82) is 0 Å². The van der Waals surface area contributed by atoms with Gasteiger partial charge in [0.25, 0.3) is 0 Å². The van der Waals surface area contributed by atoms with E-state index in [4.69, 9.17) is 4.55 Å². The fourth-order valence-corrected chi connectivity index (χ4v) is 3.12. The maximum absolute atomic E-state index is 14.1. The molecular formula is C19H28F7NO7S. The number of carbonyl (C=O) groups excluding carboxylic acids is 2. The summed E-state index contributed by atoms with van der Waals surface area (Å²) in [6.07, 6.45) is -7.39. The molecule has 1 unspecified atom stereocenters. The zero-order valence-corrected chi connectivity index (χ0v) is 19.9. The number of rotatable bonds is 16. The maximum atomic E-state index is 14.1. The van der Waals surface area contributed by atoms with Crippen molar-refractivity contribution in [2.45, 2.75) is 75.5 Å². The zero-order valence-electron chi connectivity index (χ0n) is 19.0. The lowest BCUT2D eigenvalue weighted by atomic mass is 10.1. The van der Waals surface area contributed by atoms with Gasteiger partial charge in [0.15, 0.2) is 0 Å². The first kappa shape index (κ1) is 33.1. The molecule has 16 heteroatoms. The summed E-state index contributed by atoms with van der Waals surface area (Å²) < 4.78 is 134. The summed E-state index contributed by atoms with van der Waals surface area (Å²) in [5, 5.41) is -5.94. The molecule has 1 N–H and O–H groups in total. The molecule has 0 saturated heterocycles. The first-order valence-corrected chi connectivity index (χ1v) is 11.9. The van der Waals surface area contributed by atoms with Crippen LogP contribution in [0.2, 0.25) is 0 Å². The van der Waals surface area contributed by atoms with Crippen LogP contribution in [0.4, 0.5) is 30.7 Å². The van der Waals surface area contributed by atoms with Gasteiger partial charge in [-0.3, -0.25) is 9.35 Å². The third-order valence-corrected chi connectivity index (χ3v) is 5.55. The average molecular weight is 547 g/mol. The van der Waals surface area contributed by atoms with E-state index >= 15 is 0 Å². The summed E-state index contributed by atoms with van der Waals surface area (Å²) >= 11 is 0. The van der Waals surface area contributed by atoms with Gasteiger partial charge in [0.2, 0.25) is 0 Å². The highest BCUT2D eigenvalue weighted by molar-refractivity contribution is 7.87. The van der Waals surface area contributed by atoms with E-state index in [0.29, 0.717) is 18.9 Å². The molecule has 0 aromatic rings. The molecule has 0 heterocycles. The molecule has 0 aliphatic heterocycles. The molecule has 0 aromatic carbocycles. The second kappa shape index (κ2) is 12.9. The number of unbranched alkanes of at least 4 members (excludes halogenated alkanes) is 2. The molecule has 206 valence electrons. The molecule has 0 fully saturated rings. The molecule has 8 nitrogen and oxygen atoms in total.